The number of benzene rings is 3. The number of nitrogens with zero attached hydrogens (tertiary/aromatic N) is 5. The Morgan fingerprint density at radius 1 is 1.00 bits per heavy atom. The summed E-state index contributed by atoms with van der Waals surface area (Å²) in [6.45, 7) is 0.509. The zero-order valence-corrected chi connectivity index (χ0v) is 20.8. The van der Waals surface area contributed by atoms with E-state index in [4.69, 9.17) is 4.74 Å². The Bertz CT molecular complexity index is 1820. The second-order valence-corrected chi connectivity index (χ2v) is 8.88. The normalized spacial score (nSPS) is 11.4. The van der Waals surface area contributed by atoms with E-state index in [-0.39, 0.29) is 22.6 Å². The van der Waals surface area contributed by atoms with Gasteiger partial charge in [0.2, 0.25) is 0 Å². The Morgan fingerprint density at radius 2 is 1.79 bits per heavy atom. The van der Waals surface area contributed by atoms with Gasteiger partial charge in [0.15, 0.2) is 5.65 Å². The molecule has 8 nitrogen and oxygen atoms in total. The molecule has 0 bridgehead atoms. The van der Waals surface area contributed by atoms with E-state index in [1.807, 2.05) is 24.3 Å². The van der Waals surface area contributed by atoms with Crippen LogP contribution in [0.15, 0.2) is 91.4 Å². The van der Waals surface area contributed by atoms with Crippen molar-refractivity contribution in [1.82, 2.24) is 24.4 Å². The van der Waals surface area contributed by atoms with Crippen molar-refractivity contribution in [2.75, 3.05) is 12.4 Å². The Hall–Kier alpha value is -5.12. The zero-order valence-electron chi connectivity index (χ0n) is 20.8. The van der Waals surface area contributed by atoms with Crippen LogP contribution in [-0.4, -0.2) is 37.4 Å². The summed E-state index contributed by atoms with van der Waals surface area (Å²) in [6, 6.07) is 22.4. The summed E-state index contributed by atoms with van der Waals surface area (Å²) in [4.78, 5) is 17.7. The standard InChI is InChI=1S/C29H22F2N6O2/c1-39-26-12-5-4-11-22(26)24-13-25(27(30)31)37-28(35-24)23(15-33-37)29(38)34-20-14-32-36(17-20)16-19-9-6-8-18-7-2-3-10-21(18)19/h2-15,17,27H,16H2,1H3,(H,34,38). The summed E-state index contributed by atoms with van der Waals surface area (Å²) in [7, 11) is 1.49. The van der Waals surface area contributed by atoms with Crippen LogP contribution in [0.25, 0.3) is 27.7 Å². The van der Waals surface area contributed by atoms with Crippen molar-refractivity contribution in [3.05, 3.63) is 108 Å². The van der Waals surface area contributed by atoms with E-state index in [0.717, 1.165) is 20.9 Å². The molecule has 0 aliphatic rings. The lowest BCUT2D eigenvalue weighted by atomic mass is 10.0. The van der Waals surface area contributed by atoms with Crippen LogP contribution in [0.2, 0.25) is 0 Å². The van der Waals surface area contributed by atoms with E-state index in [9.17, 15) is 13.6 Å². The van der Waals surface area contributed by atoms with Gasteiger partial charge in [0.05, 0.1) is 37.4 Å². The first kappa shape index (κ1) is 24.2. The van der Waals surface area contributed by atoms with E-state index in [1.54, 1.807) is 35.1 Å². The lowest BCUT2D eigenvalue weighted by Crippen LogP contribution is -2.12. The fourth-order valence-corrected chi connectivity index (χ4v) is 4.61. The molecule has 3 aromatic heterocycles. The minimum Gasteiger partial charge on any atom is -0.496 e. The molecule has 3 heterocycles. The van der Waals surface area contributed by atoms with E-state index >= 15 is 0 Å². The molecular weight excluding hydrogens is 502 g/mol. The predicted octanol–water partition coefficient (Wildman–Crippen LogP) is 5.99. The number of carbonyl (C=O) groups excluding carboxylic acids is 1. The molecule has 194 valence electrons. The number of methoxy groups -OCH3 is 1. The van der Waals surface area contributed by atoms with E-state index in [1.165, 1.54) is 25.6 Å². The third-order valence-electron chi connectivity index (χ3n) is 6.45. The molecule has 0 saturated carbocycles. The molecule has 0 aliphatic carbocycles. The van der Waals surface area contributed by atoms with Crippen molar-refractivity contribution < 1.29 is 18.3 Å². The van der Waals surface area contributed by atoms with Crippen LogP contribution >= 0.6 is 0 Å². The molecule has 0 spiro atoms. The highest BCUT2D eigenvalue weighted by molar-refractivity contribution is 6.08. The summed E-state index contributed by atoms with van der Waals surface area (Å²) in [6.07, 6.45) is 1.64. The monoisotopic (exact) mass is 524 g/mol. The van der Waals surface area contributed by atoms with E-state index in [0.29, 0.717) is 23.5 Å². The maximum absolute atomic E-state index is 14.0. The number of nitrogens with one attached hydrogen (secondary N) is 1. The maximum Gasteiger partial charge on any atom is 0.280 e. The molecule has 0 aliphatic heterocycles. The zero-order chi connectivity index (χ0) is 26.9. The molecule has 1 amide bonds. The first-order valence-electron chi connectivity index (χ1n) is 12.1. The van der Waals surface area contributed by atoms with Crippen molar-refractivity contribution in [1.29, 1.82) is 0 Å². The lowest BCUT2D eigenvalue weighted by molar-refractivity contribution is 0.102. The molecule has 1 N–H and O–H groups in total. The Labute approximate surface area is 221 Å². The number of hydrogen-bond acceptors (Lipinski definition) is 5. The second-order valence-electron chi connectivity index (χ2n) is 8.88. The predicted molar refractivity (Wildman–Crippen MR) is 143 cm³/mol. The minimum atomic E-state index is -2.84. The molecule has 6 rings (SSSR count). The smallest absolute Gasteiger partial charge is 0.280 e. The Balaban J connectivity index is 1.30. The Kier molecular flexibility index (Phi) is 6.20. The number of halogens is 2. The summed E-state index contributed by atoms with van der Waals surface area (Å²) in [5, 5.41) is 13.4. The van der Waals surface area contributed by atoms with Crippen LogP contribution in [0.4, 0.5) is 14.5 Å². The molecule has 0 unspecified atom stereocenters. The molecule has 3 aromatic carbocycles. The number of aromatic nitrogens is 5. The van der Waals surface area contributed by atoms with Crippen molar-refractivity contribution in [2.45, 2.75) is 13.0 Å². The molecule has 10 heteroatoms. The molecule has 0 fully saturated rings. The summed E-state index contributed by atoms with van der Waals surface area (Å²) >= 11 is 0. The molecule has 6 aromatic rings. The number of hydrogen-bond donors (Lipinski definition) is 1. The van der Waals surface area contributed by atoms with Crippen LogP contribution < -0.4 is 10.1 Å². The van der Waals surface area contributed by atoms with Crippen LogP contribution in [0, 0.1) is 0 Å². The molecule has 0 radical (unpaired) electrons. The molecule has 0 saturated heterocycles. The van der Waals surface area contributed by atoms with Gasteiger partial charge in [-0.2, -0.15) is 10.2 Å². The molecular formula is C29H22F2N6O2. The number of anilines is 1. The Morgan fingerprint density at radius 3 is 2.64 bits per heavy atom. The van der Waals surface area contributed by atoms with Gasteiger partial charge in [-0.15, -0.1) is 0 Å². The van der Waals surface area contributed by atoms with Crippen LogP contribution in [0.1, 0.15) is 28.0 Å². The molecule has 39 heavy (non-hydrogen) atoms. The van der Waals surface area contributed by atoms with Crippen molar-refractivity contribution in [2.24, 2.45) is 0 Å². The summed E-state index contributed by atoms with van der Waals surface area (Å²) in [5.41, 5.74) is 1.98. The highest BCUT2D eigenvalue weighted by Crippen LogP contribution is 2.32. The number of rotatable bonds is 7. The van der Waals surface area contributed by atoms with Gasteiger partial charge in [-0.05, 0) is 34.5 Å². The quantitative estimate of drug-likeness (QED) is 0.277. The second kappa shape index (κ2) is 9.97. The lowest BCUT2D eigenvalue weighted by Gasteiger charge is -2.11. The van der Waals surface area contributed by atoms with Gasteiger partial charge < -0.3 is 10.1 Å². The van der Waals surface area contributed by atoms with E-state index < -0.39 is 12.3 Å². The van der Waals surface area contributed by atoms with E-state index in [2.05, 4.69) is 38.7 Å². The van der Waals surface area contributed by atoms with Gasteiger partial charge in [0, 0.05) is 11.8 Å². The maximum atomic E-state index is 14.0. The largest absolute Gasteiger partial charge is 0.496 e. The average molecular weight is 525 g/mol. The number of carbonyl (C=O) groups is 1. The van der Waals surface area contributed by atoms with Crippen LogP contribution in [0.5, 0.6) is 5.75 Å². The van der Waals surface area contributed by atoms with Crippen LogP contribution in [0.3, 0.4) is 0 Å². The van der Waals surface area contributed by atoms with Gasteiger partial charge in [0.25, 0.3) is 12.3 Å². The number of para-hydroxylation sites is 1. The highest BCUT2D eigenvalue weighted by atomic mass is 19.3. The van der Waals surface area contributed by atoms with Crippen molar-refractivity contribution in [3.8, 4) is 17.0 Å². The SMILES string of the molecule is COc1ccccc1-c1cc(C(F)F)n2ncc(C(=O)Nc3cnn(Cc4cccc5ccccc45)c3)c2n1. The van der Waals surface area contributed by atoms with Gasteiger partial charge in [-0.3, -0.25) is 9.48 Å². The minimum absolute atomic E-state index is 0.00866. The van der Waals surface area contributed by atoms with Gasteiger partial charge in [-0.1, -0.05) is 54.6 Å². The number of amides is 1. The third kappa shape index (κ3) is 4.56. The third-order valence-corrected chi connectivity index (χ3v) is 6.45. The van der Waals surface area contributed by atoms with Gasteiger partial charge in [-0.25, -0.2) is 18.3 Å². The van der Waals surface area contributed by atoms with Crippen molar-refractivity contribution in [3.63, 3.8) is 0 Å². The fraction of sp³-hybridized carbons (Fsp3) is 0.103. The molecule has 0 atom stereocenters. The topological polar surface area (TPSA) is 86.3 Å². The summed E-state index contributed by atoms with van der Waals surface area (Å²) < 4.78 is 36.1. The number of ether oxygens (including phenoxy) is 1. The van der Waals surface area contributed by atoms with Gasteiger partial charge in [0.1, 0.15) is 17.0 Å². The average Bonchev–Trinajstić information content (AvgIpc) is 3.59. The number of fused-ring (bicyclic) bond motifs is 2. The van der Waals surface area contributed by atoms with Crippen LogP contribution in [-0.2, 0) is 6.54 Å². The highest BCUT2D eigenvalue weighted by Gasteiger charge is 2.23. The van der Waals surface area contributed by atoms with Gasteiger partial charge >= 0.3 is 0 Å². The number of alkyl halides is 2. The fourth-order valence-electron chi connectivity index (χ4n) is 4.61. The van der Waals surface area contributed by atoms with Crippen molar-refractivity contribution >= 4 is 28.0 Å². The first-order valence-corrected chi connectivity index (χ1v) is 12.1. The first-order chi connectivity index (χ1) is 19.0. The summed E-state index contributed by atoms with van der Waals surface area (Å²) in [5.74, 6) is -0.0710.